The average molecular weight is 698 g/mol. The maximum absolute atomic E-state index is 3.53. The molecule has 246 valence electrons. The van der Waals surface area contributed by atoms with Gasteiger partial charge in [0.25, 0.3) is 0 Å². The minimum absolute atomic E-state index is 0. The van der Waals surface area contributed by atoms with Crippen LogP contribution in [0.1, 0.15) is 107 Å². The molecule has 1 aliphatic carbocycles. The van der Waals surface area contributed by atoms with E-state index in [1.165, 1.54) is 59.4 Å². The minimum atomic E-state index is 0. The number of benzene rings is 4. The van der Waals surface area contributed by atoms with Crippen molar-refractivity contribution in [3.8, 4) is 11.1 Å². The quantitative estimate of drug-likeness (QED) is 0.166. The monoisotopic (exact) mass is 696 g/mol. The van der Waals surface area contributed by atoms with Crippen molar-refractivity contribution in [1.82, 2.24) is 0 Å². The molecule has 0 unspecified atom stereocenters. The van der Waals surface area contributed by atoms with Crippen molar-refractivity contribution in [3.63, 3.8) is 0 Å². The van der Waals surface area contributed by atoms with Crippen LogP contribution in [-0.2, 0) is 42.6 Å². The van der Waals surface area contributed by atoms with Gasteiger partial charge in [0.05, 0.1) is 0 Å². The van der Waals surface area contributed by atoms with E-state index in [2.05, 4.69) is 192 Å². The molecule has 0 aromatic heterocycles. The van der Waals surface area contributed by atoms with Gasteiger partial charge in [0.15, 0.2) is 0 Å². The first kappa shape index (κ1) is 40.6. The number of hydrogen-bond donors (Lipinski definition) is 0. The van der Waals surface area contributed by atoms with Crippen LogP contribution in [0.3, 0.4) is 0 Å². The van der Waals surface area contributed by atoms with E-state index < -0.39 is 0 Å². The van der Waals surface area contributed by atoms with Crippen LogP contribution in [0.15, 0.2) is 109 Å². The normalized spacial score (nSPS) is 11.7. The van der Waals surface area contributed by atoms with Crippen molar-refractivity contribution in [1.29, 1.82) is 0 Å². The van der Waals surface area contributed by atoms with Gasteiger partial charge in [-0.25, -0.2) is 6.07 Å². The van der Waals surface area contributed by atoms with Crippen molar-refractivity contribution < 1.29 is 44.8 Å². The molecular formula is C44H50Cl2Ti-2. The van der Waals surface area contributed by atoms with Crippen LogP contribution in [0.25, 0.3) is 11.1 Å². The molecule has 0 atom stereocenters. The van der Waals surface area contributed by atoms with E-state index in [9.17, 15) is 0 Å². The van der Waals surface area contributed by atoms with Crippen molar-refractivity contribution in [2.45, 2.75) is 91.9 Å². The zero-order chi connectivity index (χ0) is 33.0. The summed E-state index contributed by atoms with van der Waals surface area (Å²) < 4.78 is 1.33. The molecule has 0 amide bonds. The van der Waals surface area contributed by atoms with Gasteiger partial charge in [-0.1, -0.05) is 109 Å². The summed E-state index contributed by atoms with van der Waals surface area (Å²) in [7, 11) is 0. The van der Waals surface area contributed by atoms with Gasteiger partial charge in [-0.05, 0) is 17.4 Å². The summed E-state index contributed by atoms with van der Waals surface area (Å²) in [5.74, 6) is 0. The van der Waals surface area contributed by atoms with Crippen LogP contribution in [0.4, 0.5) is 0 Å². The van der Waals surface area contributed by atoms with Gasteiger partial charge >= 0.3 is 95.6 Å². The molecule has 0 spiro atoms. The summed E-state index contributed by atoms with van der Waals surface area (Å²) in [5, 5.41) is 0. The fraction of sp³-hybridized carbons (Fsp3) is 0.318. The molecule has 0 aliphatic heterocycles. The summed E-state index contributed by atoms with van der Waals surface area (Å²) in [6.07, 6.45) is 1.03. The van der Waals surface area contributed by atoms with Crippen LogP contribution in [0, 0.1) is 13.0 Å². The van der Waals surface area contributed by atoms with Crippen LogP contribution >= 0.6 is 0 Å². The van der Waals surface area contributed by atoms with Crippen molar-refractivity contribution >= 4 is 3.81 Å². The standard InChI is InChI=1S/C21H25.C13H10.C10H15.2ClH.Ti/c1-20(2,3)16-9-7-14-11-15-8-10-17(21(4,5)6)13-19(15)18(14)12-16;1-3-7-12(8-4-1)11-13-9-5-2-6-10-13;1-8-5-6-9(7-8)10(2,3)4;;;/h7,9-10,12-13H,11H2,1-6H3;1-10H;5-7H,1-4H3;2*1H;/q-1;;-1;;;+2/p-2. The van der Waals surface area contributed by atoms with E-state index in [0.29, 0.717) is 5.41 Å². The molecule has 5 aromatic carbocycles. The van der Waals surface area contributed by atoms with Gasteiger partial charge in [-0.3, -0.25) is 0 Å². The Balaban J connectivity index is 0.000000258. The zero-order valence-electron chi connectivity index (χ0n) is 29.9. The van der Waals surface area contributed by atoms with Gasteiger partial charge < -0.3 is 24.8 Å². The van der Waals surface area contributed by atoms with Crippen LogP contribution < -0.4 is 24.8 Å². The van der Waals surface area contributed by atoms with E-state index in [0.717, 1.165) is 6.42 Å². The zero-order valence-corrected chi connectivity index (χ0v) is 32.9. The third-order valence-corrected chi connectivity index (χ3v) is 9.33. The van der Waals surface area contributed by atoms with E-state index >= 15 is 0 Å². The fourth-order valence-corrected chi connectivity index (χ4v) is 5.91. The van der Waals surface area contributed by atoms with E-state index in [-0.39, 0.29) is 35.6 Å². The fourth-order valence-electron chi connectivity index (χ4n) is 5.39. The molecular weight excluding hydrogens is 647 g/mol. The number of fused-ring (bicyclic) bond motifs is 3. The van der Waals surface area contributed by atoms with Crippen molar-refractivity contribution in [3.05, 3.63) is 160 Å². The first-order valence-electron chi connectivity index (χ1n) is 16.2. The number of hydrogen-bond acceptors (Lipinski definition) is 0. The molecule has 47 heavy (non-hydrogen) atoms. The Labute approximate surface area is 309 Å². The van der Waals surface area contributed by atoms with Gasteiger partial charge in [-0.2, -0.15) is 52.6 Å². The summed E-state index contributed by atoms with van der Waals surface area (Å²) in [5.41, 5.74) is 14.5. The van der Waals surface area contributed by atoms with Crippen molar-refractivity contribution in [2.24, 2.45) is 0 Å². The number of halogens is 2. The van der Waals surface area contributed by atoms with Crippen LogP contribution in [0.5, 0.6) is 0 Å². The Morgan fingerprint density at radius 3 is 1.53 bits per heavy atom. The average Bonchev–Trinajstić information content (AvgIpc) is 3.60. The molecule has 3 heteroatoms. The molecule has 5 aromatic rings. The van der Waals surface area contributed by atoms with E-state index in [1.807, 2.05) is 12.1 Å². The van der Waals surface area contributed by atoms with Gasteiger partial charge in [0.2, 0.25) is 0 Å². The molecule has 0 nitrogen and oxygen atoms in total. The first-order valence-corrected chi connectivity index (χ1v) is 16.9. The Bertz CT molecular complexity index is 1620. The molecule has 1 aliphatic rings. The topological polar surface area (TPSA) is 0 Å². The maximum atomic E-state index is 3.53. The van der Waals surface area contributed by atoms with Crippen LogP contribution in [0.2, 0.25) is 0 Å². The van der Waals surface area contributed by atoms with Crippen molar-refractivity contribution in [2.75, 3.05) is 0 Å². The predicted octanol–water partition coefficient (Wildman–Crippen LogP) is 5.47. The summed E-state index contributed by atoms with van der Waals surface area (Å²) in [6.45, 7) is 22.5. The Morgan fingerprint density at radius 2 is 1.11 bits per heavy atom. The SMILES string of the molecule is CC(C)(C)c1c[c-]c2c(c1)-c1cc(C(C)(C)C)ccc1C2.Cc1cc(C(C)(C)C)c[cH-]1.[Cl-].[Cl-].[Ti+2]=[C](c1ccccc1)c1ccccc1. The molecule has 0 radical (unpaired) electrons. The Morgan fingerprint density at radius 1 is 0.617 bits per heavy atom. The molecule has 0 bridgehead atoms. The summed E-state index contributed by atoms with van der Waals surface area (Å²) in [6, 6.07) is 42.6. The third-order valence-electron chi connectivity index (χ3n) is 8.43. The molecule has 0 N–H and O–H groups in total. The molecule has 6 rings (SSSR count). The Kier molecular flexibility index (Phi) is 14.4. The van der Waals surface area contributed by atoms with Gasteiger partial charge in [0.1, 0.15) is 0 Å². The molecule has 0 fully saturated rings. The molecule has 0 saturated heterocycles. The second-order valence-corrected chi connectivity index (χ2v) is 16.1. The van der Waals surface area contributed by atoms with E-state index in [4.69, 9.17) is 0 Å². The van der Waals surface area contributed by atoms with Gasteiger partial charge in [-0.15, -0.1) is 5.56 Å². The van der Waals surface area contributed by atoms with Gasteiger partial charge in [0, 0.05) is 0 Å². The third kappa shape index (κ3) is 11.0. The number of aryl methyl sites for hydroxylation is 1. The second-order valence-electron chi connectivity index (χ2n) is 15.4. The second kappa shape index (κ2) is 16.7. The van der Waals surface area contributed by atoms with Crippen LogP contribution in [-0.4, -0.2) is 3.81 Å². The molecule has 0 heterocycles. The first-order chi connectivity index (χ1) is 21.0. The summed E-state index contributed by atoms with van der Waals surface area (Å²) >= 11 is 2.16. The molecule has 0 saturated carbocycles. The summed E-state index contributed by atoms with van der Waals surface area (Å²) in [4.78, 5) is 0. The predicted molar refractivity (Wildman–Crippen MR) is 192 cm³/mol. The number of rotatable bonds is 2. The Hall–Kier alpha value is -2.61. The van der Waals surface area contributed by atoms with E-state index in [1.54, 1.807) is 0 Å².